The third-order valence-electron chi connectivity index (χ3n) is 5.36. The first-order valence-corrected chi connectivity index (χ1v) is 12.7. The maximum Gasteiger partial charge on any atom is 0.266 e. The summed E-state index contributed by atoms with van der Waals surface area (Å²) in [5, 5.41) is 14.0. The number of sulfone groups is 1. The molecule has 32 heavy (non-hydrogen) atoms. The summed E-state index contributed by atoms with van der Waals surface area (Å²) in [5.41, 5.74) is 3.23. The lowest BCUT2D eigenvalue weighted by Gasteiger charge is -2.10. The van der Waals surface area contributed by atoms with Crippen molar-refractivity contribution in [2.45, 2.75) is 25.2 Å². The number of amides is 1. The van der Waals surface area contributed by atoms with E-state index in [2.05, 4.69) is 5.32 Å². The van der Waals surface area contributed by atoms with Gasteiger partial charge in [0.15, 0.2) is 9.84 Å². The van der Waals surface area contributed by atoms with E-state index in [0.717, 1.165) is 21.2 Å². The number of aryl methyl sites for hydroxylation is 1. The maximum atomic E-state index is 13.3. The van der Waals surface area contributed by atoms with E-state index >= 15 is 0 Å². The number of thiophene rings is 1. The van der Waals surface area contributed by atoms with E-state index < -0.39 is 9.84 Å². The molecule has 0 fully saturated rings. The molecule has 0 aliphatic rings. The summed E-state index contributed by atoms with van der Waals surface area (Å²) in [6.07, 6.45) is 0.587. The van der Waals surface area contributed by atoms with Crippen LogP contribution in [0.1, 0.15) is 33.3 Å². The van der Waals surface area contributed by atoms with Gasteiger partial charge in [-0.15, -0.1) is 11.3 Å². The first-order chi connectivity index (χ1) is 15.3. The van der Waals surface area contributed by atoms with Crippen molar-refractivity contribution in [2.75, 3.05) is 11.1 Å². The number of rotatable bonds is 6. The van der Waals surface area contributed by atoms with Crippen LogP contribution in [-0.4, -0.2) is 25.2 Å². The summed E-state index contributed by atoms with van der Waals surface area (Å²) in [7, 11) is -3.47. The molecular formula is C25H23NO4S2. The first-order valence-electron chi connectivity index (χ1n) is 10.2. The Kier molecular flexibility index (Phi) is 6.04. The zero-order valence-electron chi connectivity index (χ0n) is 17.8. The maximum absolute atomic E-state index is 13.3. The molecule has 2 N–H and O–H groups in total. The molecule has 0 saturated carbocycles. The lowest BCUT2D eigenvalue weighted by Crippen LogP contribution is -2.13. The molecule has 0 unspecified atom stereocenters. The predicted octanol–water partition coefficient (Wildman–Crippen LogP) is 5.55. The number of hydrogen-bond donors (Lipinski definition) is 2. The second-order valence-corrected chi connectivity index (χ2v) is 10.9. The second kappa shape index (κ2) is 8.76. The fourth-order valence-electron chi connectivity index (χ4n) is 3.52. The van der Waals surface area contributed by atoms with Gasteiger partial charge in [-0.25, -0.2) is 8.42 Å². The molecule has 0 aliphatic heterocycles. The Morgan fingerprint density at radius 1 is 1.03 bits per heavy atom. The molecule has 0 radical (unpaired) electrons. The number of hydrogen-bond acceptors (Lipinski definition) is 5. The lowest BCUT2D eigenvalue weighted by atomic mass is 10.0. The Morgan fingerprint density at radius 2 is 1.75 bits per heavy atom. The Bertz CT molecular complexity index is 1400. The van der Waals surface area contributed by atoms with Crippen LogP contribution < -0.4 is 5.32 Å². The third-order valence-corrected chi connectivity index (χ3v) is 8.31. The molecular weight excluding hydrogens is 442 g/mol. The van der Waals surface area contributed by atoms with Crippen molar-refractivity contribution in [3.05, 3.63) is 88.3 Å². The highest BCUT2D eigenvalue weighted by Crippen LogP contribution is 2.35. The summed E-state index contributed by atoms with van der Waals surface area (Å²) >= 11 is 1.38. The number of carbonyl (C=O) groups is 1. The van der Waals surface area contributed by atoms with E-state index in [1.807, 2.05) is 55.5 Å². The molecule has 0 atom stereocenters. The molecule has 0 saturated heterocycles. The minimum atomic E-state index is -3.47. The fraction of sp³-hybridized carbons (Fsp3) is 0.160. The summed E-state index contributed by atoms with van der Waals surface area (Å²) < 4.78 is 25.4. The van der Waals surface area contributed by atoms with Gasteiger partial charge in [0.2, 0.25) is 0 Å². The van der Waals surface area contributed by atoms with E-state index in [4.69, 9.17) is 0 Å². The van der Waals surface area contributed by atoms with Crippen LogP contribution in [0.2, 0.25) is 0 Å². The van der Waals surface area contributed by atoms with Gasteiger partial charge in [0, 0.05) is 4.70 Å². The minimum absolute atomic E-state index is 0.0596. The van der Waals surface area contributed by atoms with Crippen molar-refractivity contribution in [1.29, 1.82) is 0 Å². The van der Waals surface area contributed by atoms with Gasteiger partial charge in [0.1, 0.15) is 5.75 Å². The van der Waals surface area contributed by atoms with E-state index in [1.54, 1.807) is 6.92 Å². The van der Waals surface area contributed by atoms with Crippen molar-refractivity contribution >= 4 is 42.9 Å². The Morgan fingerprint density at radius 3 is 2.47 bits per heavy atom. The standard InChI is InChI=1S/C25H23NO4S2/c1-3-32(29,30)18-12-13-22(27)21(15-18)26-25(28)24-20(14-17-10-8-16(2)9-11-17)19-6-4-5-7-23(19)31-24/h4-13,15,27H,3,14H2,1-2H3,(H,26,28). The SMILES string of the molecule is CCS(=O)(=O)c1ccc(O)c(NC(=O)c2sc3ccccc3c2Cc2ccc(C)cc2)c1. The van der Waals surface area contributed by atoms with Gasteiger partial charge in [-0.2, -0.15) is 0 Å². The van der Waals surface area contributed by atoms with Crippen molar-refractivity contribution < 1.29 is 18.3 Å². The van der Waals surface area contributed by atoms with Gasteiger partial charge < -0.3 is 10.4 Å². The van der Waals surface area contributed by atoms with Crippen LogP contribution in [0.5, 0.6) is 5.75 Å². The molecule has 164 valence electrons. The highest BCUT2D eigenvalue weighted by atomic mass is 32.2. The quantitative estimate of drug-likeness (QED) is 0.366. The van der Waals surface area contributed by atoms with Crippen molar-refractivity contribution in [1.82, 2.24) is 0 Å². The predicted molar refractivity (Wildman–Crippen MR) is 130 cm³/mol. The third kappa shape index (κ3) is 4.40. The Hall–Kier alpha value is -3.16. The summed E-state index contributed by atoms with van der Waals surface area (Å²) in [4.78, 5) is 13.9. The topological polar surface area (TPSA) is 83.5 Å². The Labute approximate surface area is 191 Å². The molecule has 3 aromatic carbocycles. The number of anilines is 1. The van der Waals surface area contributed by atoms with Crippen molar-refractivity contribution in [2.24, 2.45) is 0 Å². The number of carbonyl (C=O) groups excluding carboxylic acids is 1. The van der Waals surface area contributed by atoms with Crippen molar-refractivity contribution in [3.8, 4) is 5.75 Å². The number of benzene rings is 3. The average molecular weight is 466 g/mol. The van der Waals surface area contributed by atoms with E-state index in [0.29, 0.717) is 11.3 Å². The average Bonchev–Trinajstić information content (AvgIpc) is 3.15. The highest BCUT2D eigenvalue weighted by molar-refractivity contribution is 7.91. The fourth-order valence-corrected chi connectivity index (χ4v) is 5.55. The van der Waals surface area contributed by atoms with Gasteiger partial charge in [0.25, 0.3) is 5.91 Å². The largest absolute Gasteiger partial charge is 0.506 e. The number of nitrogens with one attached hydrogen (secondary N) is 1. The molecule has 5 nitrogen and oxygen atoms in total. The number of fused-ring (bicyclic) bond motifs is 1. The van der Waals surface area contributed by atoms with E-state index in [-0.39, 0.29) is 28.0 Å². The monoisotopic (exact) mass is 465 g/mol. The zero-order valence-corrected chi connectivity index (χ0v) is 19.4. The molecule has 7 heteroatoms. The van der Waals surface area contributed by atoms with E-state index in [9.17, 15) is 18.3 Å². The molecule has 1 aromatic heterocycles. The summed E-state index contributed by atoms with van der Waals surface area (Å²) in [6.45, 7) is 3.58. The first kappa shape index (κ1) is 22.0. The van der Waals surface area contributed by atoms with Crippen LogP contribution in [0.15, 0.2) is 71.6 Å². The second-order valence-electron chi connectivity index (χ2n) is 7.60. The number of phenols is 1. The normalized spacial score (nSPS) is 11.6. The molecule has 4 aromatic rings. The molecule has 0 spiro atoms. The van der Waals surface area contributed by atoms with Crippen LogP contribution in [-0.2, 0) is 16.3 Å². The molecule has 0 aliphatic carbocycles. The highest BCUT2D eigenvalue weighted by Gasteiger charge is 2.21. The van der Waals surface area contributed by atoms with Gasteiger partial charge in [-0.05, 0) is 54.1 Å². The van der Waals surface area contributed by atoms with Gasteiger partial charge in [-0.3, -0.25) is 4.79 Å². The van der Waals surface area contributed by atoms with Gasteiger partial charge in [-0.1, -0.05) is 55.0 Å². The summed E-state index contributed by atoms with van der Waals surface area (Å²) in [5.74, 6) is -0.633. The molecule has 4 rings (SSSR count). The lowest BCUT2D eigenvalue weighted by molar-refractivity contribution is 0.102. The number of aromatic hydroxyl groups is 1. The minimum Gasteiger partial charge on any atom is -0.506 e. The van der Waals surface area contributed by atoms with Crippen LogP contribution in [0.25, 0.3) is 10.1 Å². The number of phenolic OH excluding ortho intramolecular Hbond substituents is 1. The Balaban J connectivity index is 1.73. The molecule has 1 amide bonds. The molecule has 1 heterocycles. The van der Waals surface area contributed by atoms with E-state index in [1.165, 1.54) is 35.1 Å². The zero-order chi connectivity index (χ0) is 22.9. The van der Waals surface area contributed by atoms with Crippen LogP contribution in [0, 0.1) is 6.92 Å². The van der Waals surface area contributed by atoms with Crippen molar-refractivity contribution in [3.63, 3.8) is 0 Å². The smallest absolute Gasteiger partial charge is 0.266 e. The van der Waals surface area contributed by atoms with Crippen LogP contribution in [0.4, 0.5) is 5.69 Å². The summed E-state index contributed by atoms with van der Waals surface area (Å²) in [6, 6.07) is 20.0. The van der Waals surface area contributed by atoms with Crippen LogP contribution in [0.3, 0.4) is 0 Å². The molecule has 0 bridgehead atoms. The van der Waals surface area contributed by atoms with Gasteiger partial charge >= 0.3 is 0 Å². The van der Waals surface area contributed by atoms with Gasteiger partial charge in [0.05, 0.1) is 21.2 Å². The van der Waals surface area contributed by atoms with Crippen LogP contribution >= 0.6 is 11.3 Å².